The molecule has 1 atom stereocenters. The summed E-state index contributed by atoms with van der Waals surface area (Å²) in [6.45, 7) is -0.0554. The minimum atomic E-state index is -0.841. The van der Waals surface area contributed by atoms with E-state index >= 15 is 0 Å². The largest absolute Gasteiger partial charge is 0.485 e. The predicted molar refractivity (Wildman–Crippen MR) is 72.5 cm³/mol. The Kier molecular flexibility index (Phi) is 3.73. The summed E-state index contributed by atoms with van der Waals surface area (Å²) in [5.74, 6) is 0.108. The lowest BCUT2D eigenvalue weighted by molar-refractivity contribution is -0.155. The lowest BCUT2D eigenvalue weighted by Gasteiger charge is -2.24. The smallest absolute Gasteiger partial charge is 0.351 e. The van der Waals surface area contributed by atoms with Crippen LogP contribution in [0.1, 0.15) is 5.56 Å². The molecular weight excluding hydrogens is 275 g/mol. The standard InChI is InChI=1S/C16H13FO4/c17-12-6-2-1-5-11(12)9-20-16(18)15-10-19-13-7-3-4-8-14(13)21-15/h1-8,15H,9-10H2. The molecule has 0 amide bonds. The van der Waals surface area contributed by atoms with Gasteiger partial charge in [0.1, 0.15) is 19.0 Å². The molecule has 2 aromatic carbocycles. The zero-order valence-electron chi connectivity index (χ0n) is 11.1. The molecule has 1 unspecified atom stereocenters. The van der Waals surface area contributed by atoms with E-state index in [0.29, 0.717) is 17.1 Å². The molecule has 0 aliphatic carbocycles. The van der Waals surface area contributed by atoms with Crippen molar-refractivity contribution in [2.75, 3.05) is 6.61 Å². The fourth-order valence-electron chi connectivity index (χ4n) is 1.99. The van der Waals surface area contributed by atoms with Gasteiger partial charge in [-0.3, -0.25) is 0 Å². The van der Waals surface area contributed by atoms with Gasteiger partial charge in [-0.25, -0.2) is 9.18 Å². The van der Waals surface area contributed by atoms with Gasteiger partial charge < -0.3 is 14.2 Å². The van der Waals surface area contributed by atoms with Gasteiger partial charge in [-0.2, -0.15) is 0 Å². The molecule has 0 spiro atoms. The van der Waals surface area contributed by atoms with E-state index in [9.17, 15) is 9.18 Å². The number of hydrogen-bond acceptors (Lipinski definition) is 4. The van der Waals surface area contributed by atoms with Crippen molar-refractivity contribution in [1.82, 2.24) is 0 Å². The Balaban J connectivity index is 1.61. The second-order valence-corrected chi connectivity index (χ2v) is 4.56. The number of hydrogen-bond donors (Lipinski definition) is 0. The molecule has 0 radical (unpaired) electrons. The maximum Gasteiger partial charge on any atom is 0.351 e. The molecule has 1 aliphatic rings. The Hall–Kier alpha value is -2.56. The van der Waals surface area contributed by atoms with Gasteiger partial charge in [0, 0.05) is 5.56 Å². The SMILES string of the molecule is O=C(OCc1ccccc1F)C1COc2ccccc2O1. The second kappa shape index (κ2) is 5.83. The predicted octanol–water partition coefficient (Wildman–Crippen LogP) is 2.71. The number of carbonyl (C=O) groups is 1. The molecule has 1 heterocycles. The van der Waals surface area contributed by atoms with Gasteiger partial charge in [0.2, 0.25) is 6.10 Å². The molecule has 2 aromatic rings. The van der Waals surface area contributed by atoms with E-state index in [2.05, 4.69) is 0 Å². The van der Waals surface area contributed by atoms with Crippen LogP contribution in [-0.2, 0) is 16.1 Å². The number of esters is 1. The van der Waals surface area contributed by atoms with Gasteiger partial charge in [-0.1, -0.05) is 30.3 Å². The minimum absolute atomic E-state index is 0.0765. The number of para-hydroxylation sites is 2. The van der Waals surface area contributed by atoms with Crippen molar-refractivity contribution >= 4 is 5.97 Å². The summed E-state index contributed by atoms with van der Waals surface area (Å²) < 4.78 is 29.5. The van der Waals surface area contributed by atoms with Gasteiger partial charge in [0.15, 0.2) is 11.5 Å². The van der Waals surface area contributed by atoms with Crippen molar-refractivity contribution in [1.29, 1.82) is 0 Å². The molecule has 0 N–H and O–H groups in total. The van der Waals surface area contributed by atoms with Crippen LogP contribution in [0.4, 0.5) is 4.39 Å². The van der Waals surface area contributed by atoms with Crippen LogP contribution < -0.4 is 9.47 Å². The van der Waals surface area contributed by atoms with Gasteiger partial charge in [0.25, 0.3) is 0 Å². The van der Waals surface area contributed by atoms with Crippen LogP contribution in [0.2, 0.25) is 0 Å². The fourth-order valence-corrected chi connectivity index (χ4v) is 1.99. The third-order valence-corrected chi connectivity index (χ3v) is 3.10. The Labute approximate surface area is 121 Å². The van der Waals surface area contributed by atoms with E-state index in [0.717, 1.165) is 0 Å². The lowest BCUT2D eigenvalue weighted by Crippen LogP contribution is -2.37. The summed E-state index contributed by atoms with van der Waals surface area (Å²) >= 11 is 0. The van der Waals surface area contributed by atoms with E-state index in [4.69, 9.17) is 14.2 Å². The molecule has 0 saturated carbocycles. The first-order valence-corrected chi connectivity index (χ1v) is 6.52. The average molecular weight is 288 g/mol. The number of halogens is 1. The zero-order chi connectivity index (χ0) is 14.7. The first-order chi connectivity index (χ1) is 10.2. The molecule has 4 nitrogen and oxygen atoms in total. The average Bonchev–Trinajstić information content (AvgIpc) is 2.53. The number of benzene rings is 2. The number of fused-ring (bicyclic) bond motifs is 1. The monoisotopic (exact) mass is 288 g/mol. The Morgan fingerprint density at radius 1 is 1.14 bits per heavy atom. The lowest BCUT2D eigenvalue weighted by atomic mass is 10.2. The maximum absolute atomic E-state index is 13.4. The van der Waals surface area contributed by atoms with E-state index < -0.39 is 17.9 Å². The number of rotatable bonds is 3. The van der Waals surface area contributed by atoms with Crippen molar-refractivity contribution < 1.29 is 23.4 Å². The zero-order valence-corrected chi connectivity index (χ0v) is 11.1. The molecule has 108 valence electrons. The first-order valence-electron chi connectivity index (χ1n) is 6.52. The van der Waals surface area contributed by atoms with Crippen molar-refractivity contribution in [2.24, 2.45) is 0 Å². The highest BCUT2D eigenvalue weighted by molar-refractivity contribution is 5.76. The van der Waals surface area contributed by atoms with E-state index in [1.165, 1.54) is 6.07 Å². The molecular formula is C16H13FO4. The van der Waals surface area contributed by atoms with Crippen LogP contribution in [0.5, 0.6) is 11.5 Å². The summed E-state index contributed by atoms with van der Waals surface area (Å²) in [7, 11) is 0. The highest BCUT2D eigenvalue weighted by Crippen LogP contribution is 2.31. The molecule has 1 aliphatic heterocycles. The van der Waals surface area contributed by atoms with Crippen LogP contribution in [0.15, 0.2) is 48.5 Å². The van der Waals surface area contributed by atoms with E-state index in [1.54, 1.807) is 36.4 Å². The maximum atomic E-state index is 13.4. The van der Waals surface area contributed by atoms with Crippen molar-refractivity contribution in [3.63, 3.8) is 0 Å². The first kappa shape index (κ1) is 13.4. The topological polar surface area (TPSA) is 44.8 Å². The van der Waals surface area contributed by atoms with Gasteiger partial charge in [0.05, 0.1) is 0 Å². The molecule has 0 fully saturated rings. The minimum Gasteiger partial charge on any atom is -0.485 e. The quantitative estimate of drug-likeness (QED) is 0.815. The van der Waals surface area contributed by atoms with Crippen LogP contribution in [0.3, 0.4) is 0 Å². The normalized spacial score (nSPS) is 16.3. The molecule has 5 heteroatoms. The molecule has 3 rings (SSSR count). The van der Waals surface area contributed by atoms with Crippen molar-refractivity contribution in [2.45, 2.75) is 12.7 Å². The Morgan fingerprint density at radius 2 is 1.86 bits per heavy atom. The van der Waals surface area contributed by atoms with Crippen LogP contribution >= 0.6 is 0 Å². The number of ether oxygens (including phenoxy) is 3. The highest BCUT2D eigenvalue weighted by Gasteiger charge is 2.28. The van der Waals surface area contributed by atoms with Crippen LogP contribution in [0.25, 0.3) is 0 Å². The highest BCUT2D eigenvalue weighted by atomic mass is 19.1. The molecule has 0 aromatic heterocycles. The summed E-state index contributed by atoms with van der Waals surface area (Å²) in [4.78, 5) is 11.9. The van der Waals surface area contributed by atoms with E-state index in [-0.39, 0.29) is 13.2 Å². The molecule has 0 bridgehead atoms. The van der Waals surface area contributed by atoms with Gasteiger partial charge in [-0.15, -0.1) is 0 Å². The third kappa shape index (κ3) is 2.97. The summed E-state index contributed by atoms with van der Waals surface area (Å²) in [6, 6.07) is 13.2. The summed E-state index contributed by atoms with van der Waals surface area (Å²) in [5.41, 5.74) is 0.322. The van der Waals surface area contributed by atoms with Crippen LogP contribution in [0, 0.1) is 5.82 Å². The number of carbonyl (C=O) groups excluding carboxylic acids is 1. The van der Waals surface area contributed by atoms with E-state index in [1.807, 2.05) is 6.07 Å². The van der Waals surface area contributed by atoms with Crippen molar-refractivity contribution in [3.05, 3.63) is 59.9 Å². The molecule has 21 heavy (non-hydrogen) atoms. The van der Waals surface area contributed by atoms with Crippen LogP contribution in [-0.4, -0.2) is 18.7 Å². The summed E-state index contributed by atoms with van der Waals surface area (Å²) in [6.07, 6.45) is -0.841. The third-order valence-electron chi connectivity index (χ3n) is 3.10. The Bertz CT molecular complexity index is 656. The van der Waals surface area contributed by atoms with Gasteiger partial charge >= 0.3 is 5.97 Å². The van der Waals surface area contributed by atoms with Gasteiger partial charge in [-0.05, 0) is 18.2 Å². The molecule has 0 saturated heterocycles. The second-order valence-electron chi connectivity index (χ2n) is 4.56. The summed E-state index contributed by atoms with van der Waals surface area (Å²) in [5, 5.41) is 0. The fraction of sp³-hybridized carbons (Fsp3) is 0.188. The Morgan fingerprint density at radius 3 is 2.67 bits per heavy atom. The van der Waals surface area contributed by atoms with Crippen molar-refractivity contribution in [3.8, 4) is 11.5 Å².